The molecule has 1 saturated carbocycles. The van der Waals surface area contributed by atoms with Crippen molar-refractivity contribution in [3.05, 3.63) is 65.2 Å². The molecule has 2 amide bonds. The van der Waals surface area contributed by atoms with Crippen LogP contribution in [0.1, 0.15) is 53.2 Å². The number of nitrogens with one attached hydrogen (secondary N) is 1. The summed E-state index contributed by atoms with van der Waals surface area (Å²) in [4.78, 5) is 27.6. The van der Waals surface area contributed by atoms with Crippen LogP contribution in [0.4, 0.5) is 22.0 Å². The van der Waals surface area contributed by atoms with Crippen molar-refractivity contribution in [3.8, 4) is 5.75 Å². The van der Waals surface area contributed by atoms with Gasteiger partial charge in [-0.05, 0) is 42.2 Å². The normalized spacial score (nSPS) is 20.5. The summed E-state index contributed by atoms with van der Waals surface area (Å²) >= 11 is 0. The minimum atomic E-state index is -4.80. The van der Waals surface area contributed by atoms with Crippen molar-refractivity contribution in [1.82, 2.24) is 10.2 Å². The van der Waals surface area contributed by atoms with Crippen LogP contribution >= 0.6 is 0 Å². The minimum absolute atomic E-state index is 0.00850. The van der Waals surface area contributed by atoms with Gasteiger partial charge in [0, 0.05) is 31.0 Å². The van der Waals surface area contributed by atoms with E-state index >= 15 is 0 Å². The molecule has 0 aromatic heterocycles. The average molecular weight is 468 g/mol. The van der Waals surface area contributed by atoms with Crippen molar-refractivity contribution in [1.29, 1.82) is 0 Å². The van der Waals surface area contributed by atoms with Gasteiger partial charge >= 0.3 is 6.36 Å². The topological polar surface area (TPSA) is 58.6 Å². The second-order valence-electron chi connectivity index (χ2n) is 8.20. The molecule has 176 valence electrons. The number of benzene rings is 2. The molecule has 0 unspecified atom stereocenters. The number of carbonyl (C=O) groups is 2. The molecule has 1 heterocycles. The Hall–Kier alpha value is -3.17. The highest BCUT2D eigenvalue weighted by Gasteiger charge is 2.47. The number of alkyl halides is 5. The molecule has 33 heavy (non-hydrogen) atoms. The smallest absolute Gasteiger partial charge is 0.406 e. The average Bonchev–Trinajstić information content (AvgIpc) is 3.05. The zero-order valence-electron chi connectivity index (χ0n) is 17.4. The molecule has 2 aromatic carbocycles. The molecule has 0 spiro atoms. The van der Waals surface area contributed by atoms with Gasteiger partial charge in [-0.2, -0.15) is 0 Å². The van der Waals surface area contributed by atoms with Gasteiger partial charge in [0.15, 0.2) is 0 Å². The van der Waals surface area contributed by atoms with E-state index in [-0.39, 0.29) is 43.9 Å². The number of rotatable bonds is 5. The van der Waals surface area contributed by atoms with E-state index in [9.17, 15) is 31.5 Å². The molecule has 1 aliphatic carbocycles. The molecule has 1 fully saturated rings. The van der Waals surface area contributed by atoms with Crippen molar-refractivity contribution in [3.63, 3.8) is 0 Å². The molecule has 2 aliphatic rings. The molecule has 2 aromatic rings. The van der Waals surface area contributed by atoms with Crippen LogP contribution in [0, 0.1) is 0 Å². The van der Waals surface area contributed by atoms with Gasteiger partial charge in [0.25, 0.3) is 5.91 Å². The summed E-state index contributed by atoms with van der Waals surface area (Å²) in [6.07, 6.45) is -5.31. The minimum Gasteiger partial charge on any atom is -0.406 e. The number of fused-ring (bicyclic) bond motifs is 1. The fraction of sp³-hybridized carbons (Fsp3) is 0.391. The summed E-state index contributed by atoms with van der Waals surface area (Å²) < 4.78 is 68.0. The van der Waals surface area contributed by atoms with Crippen LogP contribution in [-0.2, 0) is 11.3 Å². The summed E-state index contributed by atoms with van der Waals surface area (Å²) in [6, 6.07) is 10.2. The third kappa shape index (κ3) is 5.09. The zero-order valence-corrected chi connectivity index (χ0v) is 17.4. The Morgan fingerprint density at radius 3 is 2.33 bits per heavy atom. The van der Waals surface area contributed by atoms with Crippen LogP contribution < -0.4 is 10.1 Å². The Morgan fingerprint density at radius 2 is 1.70 bits per heavy atom. The van der Waals surface area contributed by atoms with Gasteiger partial charge < -0.3 is 15.0 Å². The third-order valence-corrected chi connectivity index (χ3v) is 5.95. The first-order chi connectivity index (χ1) is 15.5. The number of carbonyl (C=O) groups excluding carboxylic acids is 2. The maximum absolute atomic E-state index is 13.7. The van der Waals surface area contributed by atoms with Gasteiger partial charge in [0.05, 0.1) is 0 Å². The SMILES string of the molecule is O=C(NCc1ccc(OC(F)(F)F)cc1)[C@@H]1c2ccccc2C(=O)N1C1CCC(F)(F)CC1. The van der Waals surface area contributed by atoms with Crippen molar-refractivity contribution in [2.45, 2.75) is 56.6 Å². The molecule has 0 bridgehead atoms. The van der Waals surface area contributed by atoms with Gasteiger partial charge in [-0.3, -0.25) is 9.59 Å². The highest BCUT2D eigenvalue weighted by molar-refractivity contribution is 6.04. The van der Waals surface area contributed by atoms with E-state index < -0.39 is 30.3 Å². The number of halogens is 5. The Morgan fingerprint density at radius 1 is 1.06 bits per heavy atom. The van der Waals surface area contributed by atoms with Crippen LogP contribution in [0.25, 0.3) is 0 Å². The van der Waals surface area contributed by atoms with E-state index in [1.807, 2.05) is 0 Å². The number of hydrogen-bond acceptors (Lipinski definition) is 3. The van der Waals surface area contributed by atoms with Crippen molar-refractivity contribution < 1.29 is 36.3 Å². The molecule has 0 saturated heterocycles. The molecule has 0 radical (unpaired) electrons. The second-order valence-corrected chi connectivity index (χ2v) is 8.20. The Labute approximate surface area is 186 Å². The zero-order chi connectivity index (χ0) is 23.8. The second kappa shape index (κ2) is 8.64. The molecule has 1 atom stereocenters. The van der Waals surface area contributed by atoms with Crippen molar-refractivity contribution in [2.75, 3.05) is 0 Å². The van der Waals surface area contributed by atoms with Gasteiger partial charge in [0.1, 0.15) is 11.8 Å². The first-order valence-corrected chi connectivity index (χ1v) is 10.5. The molecule has 5 nitrogen and oxygen atoms in total. The lowest BCUT2D eigenvalue weighted by atomic mass is 9.90. The number of hydrogen-bond donors (Lipinski definition) is 1. The van der Waals surface area contributed by atoms with Gasteiger partial charge in [0.2, 0.25) is 11.8 Å². The summed E-state index contributed by atoms with van der Waals surface area (Å²) in [5.41, 5.74) is 1.40. The van der Waals surface area contributed by atoms with Crippen LogP contribution in [-0.4, -0.2) is 35.0 Å². The predicted octanol–water partition coefficient (Wildman–Crippen LogP) is 4.98. The highest BCUT2D eigenvalue weighted by Crippen LogP contribution is 2.42. The van der Waals surface area contributed by atoms with E-state index in [4.69, 9.17) is 0 Å². The summed E-state index contributed by atoms with van der Waals surface area (Å²) in [5, 5.41) is 2.71. The van der Waals surface area contributed by atoms with E-state index in [0.717, 1.165) is 12.1 Å². The fourth-order valence-corrected chi connectivity index (χ4v) is 4.38. The largest absolute Gasteiger partial charge is 0.573 e. The van der Waals surface area contributed by atoms with E-state index in [1.54, 1.807) is 24.3 Å². The Balaban J connectivity index is 1.49. The monoisotopic (exact) mass is 468 g/mol. The molecular weight excluding hydrogens is 447 g/mol. The maximum atomic E-state index is 13.7. The predicted molar refractivity (Wildman–Crippen MR) is 108 cm³/mol. The highest BCUT2D eigenvalue weighted by atomic mass is 19.4. The Kier molecular flexibility index (Phi) is 6.02. The summed E-state index contributed by atoms with van der Waals surface area (Å²) in [6.45, 7) is 0.00850. The standard InChI is InChI=1S/C23H21F5N2O3/c24-22(25)11-9-15(10-12-22)30-19(17-3-1-2-4-18(17)21(30)32)20(31)29-13-14-5-7-16(8-6-14)33-23(26,27)28/h1-8,15,19H,9-13H2,(H,29,31)/t19-/m0/s1. The molecule has 4 rings (SSSR count). The number of ether oxygens (including phenoxy) is 1. The van der Waals surface area contributed by atoms with Gasteiger partial charge in [-0.25, -0.2) is 8.78 Å². The van der Waals surface area contributed by atoms with Crippen molar-refractivity contribution >= 4 is 11.8 Å². The van der Waals surface area contributed by atoms with E-state index in [1.165, 1.54) is 17.0 Å². The number of amides is 2. The first-order valence-electron chi connectivity index (χ1n) is 10.5. The third-order valence-electron chi connectivity index (χ3n) is 5.95. The van der Waals surface area contributed by atoms with E-state index in [2.05, 4.69) is 10.1 Å². The number of nitrogens with zero attached hydrogens (tertiary/aromatic N) is 1. The Bertz CT molecular complexity index is 1030. The lowest BCUT2D eigenvalue weighted by molar-refractivity contribution is -0.274. The summed E-state index contributed by atoms with van der Waals surface area (Å²) in [7, 11) is 0. The van der Waals surface area contributed by atoms with Crippen LogP contribution in [0.5, 0.6) is 5.75 Å². The van der Waals surface area contributed by atoms with Crippen LogP contribution in [0.2, 0.25) is 0 Å². The molecule has 1 aliphatic heterocycles. The van der Waals surface area contributed by atoms with Gasteiger partial charge in [-0.15, -0.1) is 13.2 Å². The van der Waals surface area contributed by atoms with Crippen LogP contribution in [0.15, 0.2) is 48.5 Å². The van der Waals surface area contributed by atoms with Crippen LogP contribution in [0.3, 0.4) is 0 Å². The van der Waals surface area contributed by atoms with Gasteiger partial charge in [-0.1, -0.05) is 30.3 Å². The maximum Gasteiger partial charge on any atom is 0.573 e. The lowest BCUT2D eigenvalue weighted by Gasteiger charge is -2.37. The molecular formula is C23H21F5N2O3. The molecule has 10 heteroatoms. The van der Waals surface area contributed by atoms with Crippen molar-refractivity contribution in [2.24, 2.45) is 0 Å². The fourth-order valence-electron chi connectivity index (χ4n) is 4.38. The quantitative estimate of drug-likeness (QED) is 0.630. The lowest BCUT2D eigenvalue weighted by Crippen LogP contribution is -2.47. The molecule has 1 N–H and O–H groups in total. The summed E-state index contributed by atoms with van der Waals surface area (Å²) in [5.74, 6) is -4.00. The van der Waals surface area contributed by atoms with E-state index in [0.29, 0.717) is 16.7 Å². The first kappa shape index (κ1) is 23.0.